The third-order valence-electron chi connectivity index (χ3n) is 3.78. The lowest BCUT2D eigenvalue weighted by Gasteiger charge is -2.19. The number of benzene rings is 1. The van der Waals surface area contributed by atoms with Gasteiger partial charge in [-0.15, -0.1) is 6.58 Å². The lowest BCUT2D eigenvalue weighted by molar-refractivity contribution is 0.689. The number of nitrogens with one attached hydrogen (secondary N) is 1. The number of fused-ring (bicyclic) bond motifs is 1. The van der Waals surface area contributed by atoms with Crippen molar-refractivity contribution in [2.24, 2.45) is 0 Å². The molecule has 0 unspecified atom stereocenters. The summed E-state index contributed by atoms with van der Waals surface area (Å²) < 4.78 is 0. The Kier molecular flexibility index (Phi) is 3.70. The molecule has 20 heavy (non-hydrogen) atoms. The van der Waals surface area contributed by atoms with Crippen LogP contribution >= 0.6 is 0 Å². The van der Waals surface area contributed by atoms with Gasteiger partial charge in [-0.2, -0.15) is 0 Å². The Morgan fingerprint density at radius 3 is 2.80 bits per heavy atom. The zero-order valence-corrected chi connectivity index (χ0v) is 12.0. The van der Waals surface area contributed by atoms with Gasteiger partial charge in [0, 0.05) is 37.8 Å². The number of rotatable bonds is 6. The van der Waals surface area contributed by atoms with E-state index in [1.54, 1.807) is 0 Å². The van der Waals surface area contributed by atoms with E-state index < -0.39 is 0 Å². The lowest BCUT2D eigenvalue weighted by Crippen LogP contribution is -2.19. The van der Waals surface area contributed by atoms with Crippen LogP contribution < -0.4 is 10.2 Å². The summed E-state index contributed by atoms with van der Waals surface area (Å²) in [7, 11) is 2.05. The molecule has 0 saturated heterocycles. The first kappa shape index (κ1) is 13.1. The zero-order chi connectivity index (χ0) is 13.9. The molecule has 0 amide bonds. The van der Waals surface area contributed by atoms with Crippen molar-refractivity contribution in [1.29, 1.82) is 0 Å². The minimum atomic E-state index is 0.719. The van der Waals surface area contributed by atoms with Gasteiger partial charge in [-0.25, -0.2) is 4.98 Å². The molecular weight excluding hydrogens is 246 g/mol. The third-order valence-corrected chi connectivity index (χ3v) is 3.78. The van der Waals surface area contributed by atoms with Gasteiger partial charge in [0.05, 0.1) is 0 Å². The Morgan fingerprint density at radius 2 is 2.10 bits per heavy atom. The number of hydrogen-bond acceptors (Lipinski definition) is 3. The number of hydrogen-bond donors (Lipinski definition) is 1. The van der Waals surface area contributed by atoms with Crippen LogP contribution in [0.4, 0.5) is 5.82 Å². The molecular formula is C17H21N3. The standard InChI is InChI=1S/C17H21N3/c1-3-10-20(2)17-16-7-5-4-6-15(16)13(12-19-17)11-18-14-8-9-14/h3-7,12,14,18H,1,8-11H2,2H3. The summed E-state index contributed by atoms with van der Waals surface area (Å²) in [6.45, 7) is 5.51. The molecule has 1 heterocycles. The third kappa shape index (κ3) is 2.68. The maximum atomic E-state index is 4.66. The normalized spacial score (nSPS) is 14.4. The molecule has 1 saturated carbocycles. The van der Waals surface area contributed by atoms with Crippen molar-refractivity contribution in [2.45, 2.75) is 25.4 Å². The summed E-state index contributed by atoms with van der Waals surface area (Å²) in [4.78, 5) is 6.79. The Labute approximate surface area is 120 Å². The fourth-order valence-electron chi connectivity index (χ4n) is 2.50. The van der Waals surface area contributed by atoms with Crippen LogP contribution in [0, 0.1) is 0 Å². The van der Waals surface area contributed by atoms with Crippen molar-refractivity contribution in [3.63, 3.8) is 0 Å². The molecule has 0 bridgehead atoms. The topological polar surface area (TPSA) is 28.2 Å². The molecule has 3 heteroatoms. The average molecular weight is 267 g/mol. The van der Waals surface area contributed by atoms with Crippen LogP contribution in [0.3, 0.4) is 0 Å². The van der Waals surface area contributed by atoms with Crippen molar-refractivity contribution in [3.8, 4) is 0 Å². The molecule has 1 aromatic carbocycles. The van der Waals surface area contributed by atoms with Crippen molar-refractivity contribution in [2.75, 3.05) is 18.5 Å². The Bertz CT molecular complexity index is 617. The lowest BCUT2D eigenvalue weighted by atomic mass is 10.1. The molecule has 1 fully saturated rings. The molecule has 1 N–H and O–H groups in total. The van der Waals surface area contributed by atoms with Crippen LogP contribution in [0.25, 0.3) is 10.8 Å². The quantitative estimate of drug-likeness (QED) is 0.815. The van der Waals surface area contributed by atoms with E-state index in [1.807, 2.05) is 12.3 Å². The highest BCUT2D eigenvalue weighted by molar-refractivity contribution is 5.94. The van der Waals surface area contributed by atoms with E-state index in [0.717, 1.165) is 24.9 Å². The summed E-state index contributed by atoms with van der Waals surface area (Å²) in [5.74, 6) is 1.02. The first-order valence-electron chi connectivity index (χ1n) is 7.21. The van der Waals surface area contributed by atoms with E-state index >= 15 is 0 Å². The maximum absolute atomic E-state index is 4.66. The van der Waals surface area contributed by atoms with Crippen LogP contribution in [-0.2, 0) is 6.54 Å². The van der Waals surface area contributed by atoms with Crippen molar-refractivity contribution in [3.05, 3.63) is 48.7 Å². The van der Waals surface area contributed by atoms with E-state index in [1.165, 1.54) is 29.2 Å². The minimum Gasteiger partial charge on any atom is -0.355 e. The maximum Gasteiger partial charge on any atom is 0.136 e. The average Bonchev–Trinajstić information content (AvgIpc) is 3.29. The number of anilines is 1. The predicted octanol–water partition coefficient (Wildman–Crippen LogP) is 3.11. The number of likely N-dealkylation sites (N-methyl/N-ethyl adjacent to an activating group) is 1. The molecule has 0 aliphatic heterocycles. The number of pyridine rings is 1. The minimum absolute atomic E-state index is 0.719. The zero-order valence-electron chi connectivity index (χ0n) is 12.0. The van der Waals surface area contributed by atoms with Gasteiger partial charge < -0.3 is 10.2 Å². The highest BCUT2D eigenvalue weighted by Crippen LogP contribution is 2.27. The SMILES string of the molecule is C=CCN(C)c1ncc(CNC2CC2)c2ccccc12. The molecule has 3 rings (SSSR count). The van der Waals surface area contributed by atoms with Gasteiger partial charge in [0.1, 0.15) is 5.82 Å². The monoisotopic (exact) mass is 267 g/mol. The van der Waals surface area contributed by atoms with Crippen LogP contribution in [0.2, 0.25) is 0 Å². The Hall–Kier alpha value is -1.87. The predicted molar refractivity (Wildman–Crippen MR) is 85.1 cm³/mol. The summed E-state index contributed by atoms with van der Waals surface area (Å²) in [5, 5.41) is 6.08. The number of aromatic nitrogens is 1. The first-order chi connectivity index (χ1) is 9.79. The van der Waals surface area contributed by atoms with Crippen molar-refractivity contribution >= 4 is 16.6 Å². The molecule has 0 radical (unpaired) electrons. The molecule has 0 atom stereocenters. The van der Waals surface area contributed by atoms with E-state index in [4.69, 9.17) is 0 Å². The fourth-order valence-corrected chi connectivity index (χ4v) is 2.50. The second kappa shape index (κ2) is 5.63. The molecule has 0 spiro atoms. The van der Waals surface area contributed by atoms with Gasteiger partial charge in [-0.1, -0.05) is 30.3 Å². The van der Waals surface area contributed by atoms with Gasteiger partial charge in [-0.3, -0.25) is 0 Å². The van der Waals surface area contributed by atoms with Crippen molar-refractivity contribution < 1.29 is 0 Å². The molecule has 104 valence electrons. The molecule has 3 nitrogen and oxygen atoms in total. The summed E-state index contributed by atoms with van der Waals surface area (Å²) in [6.07, 6.45) is 6.53. The van der Waals surface area contributed by atoms with Gasteiger partial charge in [0.25, 0.3) is 0 Å². The largest absolute Gasteiger partial charge is 0.355 e. The van der Waals surface area contributed by atoms with E-state index in [2.05, 4.69) is 53.1 Å². The van der Waals surface area contributed by atoms with Gasteiger partial charge in [0.2, 0.25) is 0 Å². The van der Waals surface area contributed by atoms with Crippen molar-refractivity contribution in [1.82, 2.24) is 10.3 Å². The Morgan fingerprint density at radius 1 is 1.35 bits per heavy atom. The van der Waals surface area contributed by atoms with E-state index in [-0.39, 0.29) is 0 Å². The van der Waals surface area contributed by atoms with Gasteiger partial charge >= 0.3 is 0 Å². The smallest absolute Gasteiger partial charge is 0.136 e. The molecule has 1 aromatic heterocycles. The van der Waals surface area contributed by atoms with E-state index in [0.29, 0.717) is 0 Å². The molecule has 1 aliphatic carbocycles. The fraction of sp³-hybridized carbons (Fsp3) is 0.353. The van der Waals surface area contributed by atoms with E-state index in [9.17, 15) is 0 Å². The number of nitrogens with zero attached hydrogens (tertiary/aromatic N) is 2. The van der Waals surface area contributed by atoms with Gasteiger partial charge in [-0.05, 0) is 23.8 Å². The first-order valence-corrected chi connectivity index (χ1v) is 7.21. The highest BCUT2D eigenvalue weighted by Gasteiger charge is 2.20. The Balaban J connectivity index is 1.97. The summed E-state index contributed by atoms with van der Waals surface area (Å²) in [6, 6.07) is 9.23. The summed E-state index contributed by atoms with van der Waals surface area (Å²) >= 11 is 0. The highest BCUT2D eigenvalue weighted by atomic mass is 15.2. The van der Waals surface area contributed by atoms with Crippen LogP contribution in [0.1, 0.15) is 18.4 Å². The van der Waals surface area contributed by atoms with Crippen LogP contribution in [-0.4, -0.2) is 24.6 Å². The molecule has 1 aliphatic rings. The molecule has 2 aromatic rings. The second-order valence-corrected chi connectivity index (χ2v) is 5.48. The van der Waals surface area contributed by atoms with Crippen LogP contribution in [0.15, 0.2) is 43.1 Å². The van der Waals surface area contributed by atoms with Crippen LogP contribution in [0.5, 0.6) is 0 Å². The summed E-state index contributed by atoms with van der Waals surface area (Å²) in [5.41, 5.74) is 1.28. The van der Waals surface area contributed by atoms with Gasteiger partial charge in [0.15, 0.2) is 0 Å². The second-order valence-electron chi connectivity index (χ2n) is 5.48.